The van der Waals surface area contributed by atoms with E-state index < -0.39 is 27.8 Å². The predicted octanol–water partition coefficient (Wildman–Crippen LogP) is -0.131. The van der Waals surface area contributed by atoms with E-state index in [0.29, 0.717) is 6.42 Å². The molecule has 0 aromatic rings. The zero-order chi connectivity index (χ0) is 16.1. The van der Waals surface area contributed by atoms with E-state index >= 15 is 0 Å². The number of rotatable bonds is 12. The van der Waals surface area contributed by atoms with Crippen molar-refractivity contribution in [2.24, 2.45) is 0 Å². The zero-order valence-corrected chi connectivity index (χ0v) is 16.5. The second-order valence-electron chi connectivity index (χ2n) is 5.15. The van der Waals surface area contributed by atoms with Crippen LogP contribution in [-0.2, 0) is 24.4 Å². The first-order chi connectivity index (χ1) is 9.85. The minimum atomic E-state index is -4.44. The summed E-state index contributed by atoms with van der Waals surface area (Å²) in [5.74, 6) is -3.17. The van der Waals surface area contributed by atoms with Gasteiger partial charge in [-0.25, -0.2) is 0 Å². The molecule has 0 rings (SSSR count). The van der Waals surface area contributed by atoms with Crippen molar-refractivity contribution in [3.8, 4) is 0 Å². The van der Waals surface area contributed by atoms with E-state index in [4.69, 9.17) is 4.55 Å². The van der Waals surface area contributed by atoms with Gasteiger partial charge in [0.25, 0.3) is 10.1 Å². The van der Waals surface area contributed by atoms with Crippen LogP contribution in [0.5, 0.6) is 0 Å². The van der Waals surface area contributed by atoms with Crippen LogP contribution in [0.4, 0.5) is 0 Å². The van der Waals surface area contributed by atoms with Crippen LogP contribution in [-0.4, -0.2) is 30.7 Å². The van der Waals surface area contributed by atoms with Gasteiger partial charge in [-0.1, -0.05) is 58.3 Å². The molecular weight excluding hydrogens is 319 g/mol. The van der Waals surface area contributed by atoms with Crippen LogP contribution in [0.15, 0.2) is 0 Å². The van der Waals surface area contributed by atoms with Crippen LogP contribution in [0, 0.1) is 0 Å². The summed E-state index contributed by atoms with van der Waals surface area (Å²) in [5, 5.41) is 0. The van der Waals surface area contributed by atoms with Gasteiger partial charge >= 0.3 is 41.5 Å². The Morgan fingerprint density at radius 3 is 1.77 bits per heavy atom. The summed E-state index contributed by atoms with van der Waals surface area (Å²) in [6.07, 6.45) is 10.0. The largest absolute Gasteiger partial charge is 1.00 e. The van der Waals surface area contributed by atoms with Crippen LogP contribution >= 0.6 is 0 Å². The third kappa shape index (κ3) is 18.1. The number of carbonyl (C=O) groups excluding carboxylic acids is 2. The number of carbonyl (C=O) groups is 2. The number of hydrogen-bond acceptors (Lipinski definition) is 5. The third-order valence-corrected chi connectivity index (χ3v) is 3.61. The van der Waals surface area contributed by atoms with Crippen molar-refractivity contribution in [3.05, 3.63) is 0 Å². The van der Waals surface area contributed by atoms with Crippen LogP contribution in [0.2, 0.25) is 0 Å². The molecule has 124 valence electrons. The summed E-state index contributed by atoms with van der Waals surface area (Å²) in [6.45, 7) is 2.18. The molecule has 1 N–H and O–H groups in total. The van der Waals surface area contributed by atoms with E-state index in [9.17, 15) is 18.0 Å². The number of unbranched alkanes of at least 4 members (excludes halogenated alkanes) is 8. The smallest absolute Gasteiger partial charge is 0.392 e. The second-order valence-corrected chi connectivity index (χ2v) is 6.60. The predicted molar refractivity (Wildman–Crippen MR) is 79.4 cm³/mol. The maximum atomic E-state index is 11.2. The van der Waals surface area contributed by atoms with Crippen molar-refractivity contribution < 1.29 is 56.9 Å². The summed E-state index contributed by atoms with van der Waals surface area (Å²) >= 11 is 0. The fourth-order valence-electron chi connectivity index (χ4n) is 1.94. The molecule has 0 saturated carbocycles. The van der Waals surface area contributed by atoms with Gasteiger partial charge in [-0.2, -0.15) is 8.42 Å². The average Bonchev–Trinajstić information content (AvgIpc) is 2.34. The Hall–Kier alpha value is 0.0500. The minimum Gasteiger partial charge on any atom is -0.392 e. The fraction of sp³-hybridized carbons (Fsp3) is 0.857. The Kier molecular flexibility index (Phi) is 16.2. The summed E-state index contributed by atoms with van der Waals surface area (Å²) < 4.78 is 33.5. The molecule has 22 heavy (non-hydrogen) atoms. The van der Waals surface area contributed by atoms with Gasteiger partial charge in [-0.3, -0.25) is 14.1 Å². The van der Waals surface area contributed by atoms with Crippen LogP contribution < -0.4 is 29.6 Å². The molecule has 0 heterocycles. The molecule has 0 aliphatic carbocycles. The minimum absolute atomic E-state index is 0. The SMILES string of the molecule is CCCCCCCCCCCC(=O)OC(=O)CS(=O)(=O)O.[Na+]. The average molecular weight is 345 g/mol. The number of hydrogen-bond donors (Lipinski definition) is 1. The number of esters is 2. The molecule has 0 aromatic heterocycles. The summed E-state index contributed by atoms with van der Waals surface area (Å²) in [5.41, 5.74) is 0. The van der Waals surface area contributed by atoms with Gasteiger partial charge in [0.2, 0.25) is 0 Å². The van der Waals surface area contributed by atoms with Crippen LogP contribution in [0.1, 0.15) is 71.1 Å². The molecule has 0 amide bonds. The van der Waals surface area contributed by atoms with Crippen molar-refractivity contribution in [2.75, 3.05) is 5.75 Å². The second kappa shape index (κ2) is 14.6. The Labute approximate surface area is 155 Å². The van der Waals surface area contributed by atoms with Crippen molar-refractivity contribution >= 4 is 22.1 Å². The van der Waals surface area contributed by atoms with Gasteiger partial charge in [0.05, 0.1) is 0 Å². The molecule has 0 aromatic carbocycles. The van der Waals surface area contributed by atoms with E-state index in [1.807, 2.05) is 0 Å². The van der Waals surface area contributed by atoms with E-state index in [2.05, 4.69) is 11.7 Å². The van der Waals surface area contributed by atoms with E-state index in [-0.39, 0.29) is 36.0 Å². The van der Waals surface area contributed by atoms with Gasteiger partial charge in [0, 0.05) is 6.42 Å². The Morgan fingerprint density at radius 2 is 1.32 bits per heavy atom. The summed E-state index contributed by atoms with van der Waals surface area (Å²) in [6, 6.07) is 0. The van der Waals surface area contributed by atoms with Gasteiger partial charge in [0.1, 0.15) is 0 Å². The summed E-state index contributed by atoms with van der Waals surface area (Å²) in [4.78, 5) is 22.2. The van der Waals surface area contributed by atoms with E-state index in [1.54, 1.807) is 0 Å². The molecule has 6 nitrogen and oxygen atoms in total. The zero-order valence-electron chi connectivity index (χ0n) is 13.7. The fourth-order valence-corrected chi connectivity index (χ4v) is 2.29. The molecule has 0 radical (unpaired) electrons. The topological polar surface area (TPSA) is 97.7 Å². The maximum absolute atomic E-state index is 11.2. The Morgan fingerprint density at radius 1 is 0.864 bits per heavy atom. The van der Waals surface area contributed by atoms with Gasteiger partial charge in [0.15, 0.2) is 5.75 Å². The molecule has 0 saturated heterocycles. The molecule has 0 unspecified atom stereocenters. The third-order valence-electron chi connectivity index (χ3n) is 3.01. The summed E-state index contributed by atoms with van der Waals surface area (Å²) in [7, 11) is -4.44. The van der Waals surface area contributed by atoms with Crippen LogP contribution in [0.3, 0.4) is 0 Å². The van der Waals surface area contributed by atoms with Crippen molar-refractivity contribution in [1.29, 1.82) is 0 Å². The van der Waals surface area contributed by atoms with E-state index in [0.717, 1.165) is 19.3 Å². The Bertz CT molecular complexity index is 408. The first-order valence-electron chi connectivity index (χ1n) is 7.54. The normalized spacial score (nSPS) is 10.8. The molecule has 0 aliphatic rings. The first-order valence-corrected chi connectivity index (χ1v) is 9.14. The van der Waals surface area contributed by atoms with Crippen molar-refractivity contribution in [2.45, 2.75) is 71.1 Å². The van der Waals surface area contributed by atoms with E-state index in [1.165, 1.54) is 32.1 Å². The van der Waals surface area contributed by atoms with Crippen molar-refractivity contribution in [1.82, 2.24) is 0 Å². The molecule has 0 fully saturated rings. The quantitative estimate of drug-likeness (QED) is 0.174. The van der Waals surface area contributed by atoms with Gasteiger partial charge in [-0.15, -0.1) is 0 Å². The van der Waals surface area contributed by atoms with Crippen LogP contribution in [0.25, 0.3) is 0 Å². The molecule has 0 aliphatic heterocycles. The van der Waals surface area contributed by atoms with Crippen molar-refractivity contribution in [3.63, 3.8) is 0 Å². The first kappa shape index (κ1) is 24.3. The molecule has 8 heteroatoms. The molecule has 0 spiro atoms. The Balaban J connectivity index is 0. The van der Waals surface area contributed by atoms with Gasteiger partial charge < -0.3 is 4.74 Å². The monoisotopic (exact) mass is 345 g/mol. The standard InChI is InChI=1S/C14H26O6S.Na/c1-2-3-4-5-6-7-8-9-10-11-13(15)20-14(16)12-21(17,18)19;/h2-12H2,1H3,(H,17,18,19);/q;+1. The number of ether oxygens (including phenoxy) is 1. The molecule has 0 bridgehead atoms. The van der Waals surface area contributed by atoms with Gasteiger partial charge in [-0.05, 0) is 6.42 Å². The maximum Gasteiger partial charge on any atom is 1.00 e. The molecule has 0 atom stereocenters. The molecular formula is C14H26NaO6S+.